The quantitative estimate of drug-likeness (QED) is 0.925. The van der Waals surface area contributed by atoms with Crippen molar-refractivity contribution < 1.29 is 4.79 Å². The van der Waals surface area contributed by atoms with Gasteiger partial charge in [-0.3, -0.25) is 4.79 Å². The van der Waals surface area contributed by atoms with Gasteiger partial charge in [0.05, 0.1) is 17.6 Å². The maximum atomic E-state index is 12.7. The molecule has 0 spiro atoms. The second-order valence-electron chi connectivity index (χ2n) is 5.82. The monoisotopic (exact) mass is 281 g/mol. The molecule has 106 valence electrons. The third-order valence-corrected chi connectivity index (χ3v) is 4.81. The number of rotatable bonds is 3. The fourth-order valence-electron chi connectivity index (χ4n) is 2.68. The van der Waals surface area contributed by atoms with E-state index in [1.165, 1.54) is 0 Å². The molecule has 0 aliphatic carbocycles. The predicted molar refractivity (Wildman–Crippen MR) is 78.2 cm³/mol. The largest absolute Gasteiger partial charge is 0.331 e. The molecule has 2 heterocycles. The van der Waals surface area contributed by atoms with Gasteiger partial charge in [-0.25, -0.2) is 4.98 Å². The Kier molecular flexibility index (Phi) is 4.26. The van der Waals surface area contributed by atoms with E-state index in [1.807, 2.05) is 25.1 Å². The van der Waals surface area contributed by atoms with Crippen molar-refractivity contribution in [2.45, 2.75) is 58.2 Å². The molecule has 1 aliphatic rings. The van der Waals surface area contributed by atoms with Crippen molar-refractivity contribution in [2.75, 3.05) is 7.05 Å². The van der Waals surface area contributed by atoms with Crippen LogP contribution >= 0.6 is 11.3 Å². The summed E-state index contributed by atoms with van der Waals surface area (Å²) in [5.41, 5.74) is -0.0828. The van der Waals surface area contributed by atoms with Gasteiger partial charge in [0.1, 0.15) is 0 Å². The average molecular weight is 281 g/mol. The van der Waals surface area contributed by atoms with E-state index in [0.29, 0.717) is 6.54 Å². The first-order valence-electron chi connectivity index (χ1n) is 6.84. The number of nitrogens with zero attached hydrogens (tertiary/aromatic N) is 2. The van der Waals surface area contributed by atoms with Gasteiger partial charge in [-0.15, -0.1) is 11.3 Å². The van der Waals surface area contributed by atoms with Crippen molar-refractivity contribution in [1.82, 2.24) is 15.2 Å². The first-order valence-corrected chi connectivity index (χ1v) is 7.66. The van der Waals surface area contributed by atoms with Gasteiger partial charge in [0, 0.05) is 16.6 Å². The van der Waals surface area contributed by atoms with E-state index in [4.69, 9.17) is 0 Å². The SMILES string of the molecule is CNC1CCCC(C)(C)N(Cc2cnc(C)s2)C1=O. The number of carbonyl (C=O) groups excluding carboxylic acids is 1. The Hall–Kier alpha value is -0.940. The maximum Gasteiger partial charge on any atom is 0.240 e. The third kappa shape index (κ3) is 3.15. The van der Waals surface area contributed by atoms with Crippen LogP contribution in [-0.2, 0) is 11.3 Å². The van der Waals surface area contributed by atoms with Gasteiger partial charge in [-0.05, 0) is 47.1 Å². The summed E-state index contributed by atoms with van der Waals surface area (Å²) in [5.74, 6) is 0.219. The number of amides is 1. The summed E-state index contributed by atoms with van der Waals surface area (Å²) in [6, 6.07) is -0.0456. The molecule has 0 bridgehead atoms. The molecule has 0 radical (unpaired) electrons. The lowest BCUT2D eigenvalue weighted by molar-refractivity contribution is -0.138. The highest BCUT2D eigenvalue weighted by Crippen LogP contribution is 2.30. The number of likely N-dealkylation sites (N-methyl/N-ethyl adjacent to an activating group) is 1. The van der Waals surface area contributed by atoms with E-state index in [1.54, 1.807) is 11.3 Å². The summed E-state index contributed by atoms with van der Waals surface area (Å²) < 4.78 is 0. The van der Waals surface area contributed by atoms with Crippen LogP contribution in [0.1, 0.15) is 43.0 Å². The summed E-state index contributed by atoms with van der Waals surface area (Å²) in [6.07, 6.45) is 4.96. The highest BCUT2D eigenvalue weighted by Gasteiger charge is 2.37. The minimum atomic E-state index is -0.0828. The van der Waals surface area contributed by atoms with Crippen LogP contribution in [0.5, 0.6) is 0 Å². The van der Waals surface area contributed by atoms with E-state index in [-0.39, 0.29) is 17.5 Å². The van der Waals surface area contributed by atoms with E-state index in [9.17, 15) is 4.79 Å². The van der Waals surface area contributed by atoms with E-state index >= 15 is 0 Å². The Morgan fingerprint density at radius 1 is 1.58 bits per heavy atom. The van der Waals surface area contributed by atoms with Crippen LogP contribution in [0.25, 0.3) is 0 Å². The minimum Gasteiger partial charge on any atom is -0.331 e. The summed E-state index contributed by atoms with van der Waals surface area (Å²) in [5, 5.41) is 4.20. The number of aromatic nitrogens is 1. The molecule has 19 heavy (non-hydrogen) atoms. The molecule has 1 aromatic rings. The molecule has 1 aromatic heterocycles. The average Bonchev–Trinajstić information content (AvgIpc) is 2.72. The zero-order valence-corrected chi connectivity index (χ0v) is 13.0. The molecule has 4 nitrogen and oxygen atoms in total. The fraction of sp³-hybridized carbons (Fsp3) is 0.714. The topological polar surface area (TPSA) is 45.2 Å². The zero-order valence-electron chi connectivity index (χ0n) is 12.2. The van der Waals surface area contributed by atoms with E-state index < -0.39 is 0 Å². The molecule has 1 saturated heterocycles. The van der Waals surface area contributed by atoms with Crippen LogP contribution in [0.2, 0.25) is 0 Å². The molecule has 1 N–H and O–H groups in total. The summed E-state index contributed by atoms with van der Waals surface area (Å²) >= 11 is 1.67. The summed E-state index contributed by atoms with van der Waals surface area (Å²) in [6.45, 7) is 7.00. The van der Waals surface area contributed by atoms with Crippen LogP contribution < -0.4 is 5.32 Å². The maximum absolute atomic E-state index is 12.7. The summed E-state index contributed by atoms with van der Waals surface area (Å²) in [4.78, 5) is 20.1. The molecule has 2 rings (SSSR count). The lowest BCUT2D eigenvalue weighted by atomic mass is 9.97. The van der Waals surface area contributed by atoms with Gasteiger partial charge in [-0.1, -0.05) is 0 Å². The Morgan fingerprint density at radius 3 is 2.89 bits per heavy atom. The fourth-order valence-corrected chi connectivity index (χ4v) is 3.46. The first kappa shape index (κ1) is 14.5. The Labute approximate surface area is 119 Å². The predicted octanol–water partition coefficient (Wildman–Crippen LogP) is 2.33. The zero-order chi connectivity index (χ0) is 14.0. The molecule has 1 amide bonds. The Morgan fingerprint density at radius 2 is 2.32 bits per heavy atom. The molecule has 5 heteroatoms. The second-order valence-corrected chi connectivity index (χ2v) is 7.14. The minimum absolute atomic E-state index is 0.0456. The van der Waals surface area contributed by atoms with Crippen LogP contribution in [0, 0.1) is 6.92 Å². The second kappa shape index (κ2) is 5.59. The highest BCUT2D eigenvalue weighted by atomic mass is 32.1. The van der Waals surface area contributed by atoms with Crippen LogP contribution in [0.3, 0.4) is 0 Å². The normalized spacial score (nSPS) is 23.5. The van der Waals surface area contributed by atoms with Crippen molar-refractivity contribution in [3.05, 3.63) is 16.1 Å². The number of hydrogen-bond donors (Lipinski definition) is 1. The van der Waals surface area contributed by atoms with Crippen LogP contribution in [0.15, 0.2) is 6.20 Å². The number of carbonyl (C=O) groups is 1. The molecular weight excluding hydrogens is 258 g/mol. The Bertz CT molecular complexity index is 455. The third-order valence-electron chi connectivity index (χ3n) is 3.91. The van der Waals surface area contributed by atoms with E-state index in [2.05, 4.69) is 24.1 Å². The van der Waals surface area contributed by atoms with Crippen molar-refractivity contribution in [3.63, 3.8) is 0 Å². The van der Waals surface area contributed by atoms with Gasteiger partial charge in [0.2, 0.25) is 5.91 Å². The lowest BCUT2D eigenvalue weighted by Crippen LogP contribution is -2.51. The van der Waals surface area contributed by atoms with Crippen molar-refractivity contribution in [2.24, 2.45) is 0 Å². The Balaban J connectivity index is 2.23. The number of thiazole rings is 1. The van der Waals surface area contributed by atoms with Gasteiger partial charge in [-0.2, -0.15) is 0 Å². The first-order chi connectivity index (χ1) is 8.94. The number of nitrogens with one attached hydrogen (secondary N) is 1. The lowest BCUT2D eigenvalue weighted by Gasteiger charge is -2.38. The van der Waals surface area contributed by atoms with Crippen LogP contribution in [0.4, 0.5) is 0 Å². The highest BCUT2D eigenvalue weighted by molar-refractivity contribution is 7.11. The molecule has 1 aliphatic heterocycles. The van der Waals surface area contributed by atoms with E-state index in [0.717, 1.165) is 29.1 Å². The van der Waals surface area contributed by atoms with Crippen molar-refractivity contribution >= 4 is 17.2 Å². The molecule has 1 fully saturated rings. The molecule has 0 aromatic carbocycles. The van der Waals surface area contributed by atoms with Crippen LogP contribution in [-0.4, -0.2) is 34.4 Å². The molecule has 0 saturated carbocycles. The number of likely N-dealkylation sites (tertiary alicyclic amines) is 1. The molecular formula is C14H23N3OS. The smallest absolute Gasteiger partial charge is 0.240 e. The van der Waals surface area contributed by atoms with Gasteiger partial charge < -0.3 is 10.2 Å². The van der Waals surface area contributed by atoms with Crippen molar-refractivity contribution in [1.29, 1.82) is 0 Å². The van der Waals surface area contributed by atoms with Crippen molar-refractivity contribution in [3.8, 4) is 0 Å². The summed E-state index contributed by atoms with van der Waals surface area (Å²) in [7, 11) is 1.87. The molecule has 1 unspecified atom stereocenters. The van der Waals surface area contributed by atoms with Gasteiger partial charge in [0.15, 0.2) is 0 Å². The van der Waals surface area contributed by atoms with Gasteiger partial charge in [0.25, 0.3) is 0 Å². The number of aryl methyl sites for hydroxylation is 1. The molecule has 1 atom stereocenters. The number of hydrogen-bond acceptors (Lipinski definition) is 4. The van der Waals surface area contributed by atoms with Gasteiger partial charge >= 0.3 is 0 Å². The standard InChI is InChI=1S/C14H23N3OS/c1-10-16-8-11(19-10)9-17-13(18)12(15-4)6-5-7-14(17,2)3/h8,12,15H,5-7,9H2,1-4H3.